The highest BCUT2D eigenvalue weighted by atomic mass is 32.2. The van der Waals surface area contributed by atoms with Gasteiger partial charge in [-0.2, -0.15) is 4.31 Å². The molecule has 0 radical (unpaired) electrons. The first-order valence-corrected chi connectivity index (χ1v) is 8.22. The third-order valence-electron chi connectivity index (χ3n) is 4.36. The van der Waals surface area contributed by atoms with E-state index in [0.29, 0.717) is 24.2 Å². The van der Waals surface area contributed by atoms with Gasteiger partial charge in [-0.05, 0) is 38.3 Å². The number of aryl methyl sites for hydroxylation is 1. The van der Waals surface area contributed by atoms with Crippen LogP contribution in [0.4, 0.5) is 0 Å². The van der Waals surface area contributed by atoms with Crippen LogP contribution in [0.2, 0.25) is 0 Å². The average molecular weight is 284 g/mol. The Morgan fingerprint density at radius 2 is 2.26 bits per heavy atom. The number of aromatic nitrogens is 2. The summed E-state index contributed by atoms with van der Waals surface area (Å²) in [4.78, 5) is 6.85. The molecule has 0 bridgehead atoms. The topological polar surface area (TPSA) is 78.1 Å². The van der Waals surface area contributed by atoms with Gasteiger partial charge in [-0.25, -0.2) is 13.4 Å². The molecule has 0 saturated carbocycles. The molecule has 0 spiro atoms. The molecule has 0 aliphatic carbocycles. The van der Waals surface area contributed by atoms with E-state index in [2.05, 4.69) is 22.2 Å². The van der Waals surface area contributed by atoms with Gasteiger partial charge < -0.3 is 10.3 Å². The first-order chi connectivity index (χ1) is 9.04. The van der Waals surface area contributed by atoms with E-state index >= 15 is 0 Å². The van der Waals surface area contributed by atoms with E-state index in [4.69, 9.17) is 0 Å². The number of hydrogen-bond acceptors (Lipinski definition) is 4. The second kappa shape index (κ2) is 4.57. The van der Waals surface area contributed by atoms with Crippen LogP contribution in [-0.2, 0) is 10.0 Å². The van der Waals surface area contributed by atoms with Crippen LogP contribution in [0.5, 0.6) is 0 Å². The standard InChI is InChI=1S/C12H20N4O2S/c1-3-11-10-5-13-4-9(10)7-16(11)19(17,18)12-6-14-8(2)15-12/h6,9-11,13H,3-5,7H2,1-2H3,(H,14,15). The smallest absolute Gasteiger partial charge is 0.260 e. The lowest BCUT2D eigenvalue weighted by Gasteiger charge is -2.25. The third-order valence-corrected chi connectivity index (χ3v) is 6.16. The molecule has 0 amide bonds. The molecule has 3 rings (SSSR count). The number of rotatable bonds is 3. The molecular weight excluding hydrogens is 264 g/mol. The van der Waals surface area contributed by atoms with E-state index in [1.807, 2.05) is 0 Å². The molecule has 2 aliphatic rings. The van der Waals surface area contributed by atoms with Crippen molar-refractivity contribution in [1.82, 2.24) is 19.6 Å². The zero-order chi connectivity index (χ0) is 13.6. The first-order valence-electron chi connectivity index (χ1n) is 6.78. The number of nitrogens with one attached hydrogen (secondary N) is 2. The van der Waals surface area contributed by atoms with Gasteiger partial charge in [-0.1, -0.05) is 6.92 Å². The van der Waals surface area contributed by atoms with Gasteiger partial charge in [0.25, 0.3) is 10.0 Å². The van der Waals surface area contributed by atoms with Crippen LogP contribution in [0, 0.1) is 18.8 Å². The lowest BCUT2D eigenvalue weighted by molar-refractivity contribution is 0.328. The van der Waals surface area contributed by atoms with Gasteiger partial charge in [0.2, 0.25) is 0 Å². The Kier molecular flexibility index (Phi) is 3.15. The summed E-state index contributed by atoms with van der Waals surface area (Å²) in [6.07, 6.45) is 2.28. The Hall–Kier alpha value is -0.920. The Balaban J connectivity index is 1.93. The predicted molar refractivity (Wildman–Crippen MR) is 71.1 cm³/mol. The fourth-order valence-corrected chi connectivity index (χ4v) is 5.19. The van der Waals surface area contributed by atoms with Crippen LogP contribution >= 0.6 is 0 Å². The van der Waals surface area contributed by atoms with Crippen molar-refractivity contribution >= 4 is 10.0 Å². The van der Waals surface area contributed by atoms with Gasteiger partial charge in [0.1, 0.15) is 5.82 Å². The van der Waals surface area contributed by atoms with E-state index < -0.39 is 10.0 Å². The number of hydrogen-bond donors (Lipinski definition) is 2. The number of sulfonamides is 1. The number of nitrogens with zero attached hydrogens (tertiary/aromatic N) is 2. The van der Waals surface area contributed by atoms with Crippen molar-refractivity contribution in [3.8, 4) is 0 Å². The van der Waals surface area contributed by atoms with Gasteiger partial charge in [0.05, 0.1) is 6.20 Å². The third kappa shape index (κ3) is 2.00. The van der Waals surface area contributed by atoms with Gasteiger partial charge in [-0.15, -0.1) is 0 Å². The zero-order valence-electron chi connectivity index (χ0n) is 11.3. The lowest BCUT2D eigenvalue weighted by atomic mass is 9.93. The molecule has 2 fully saturated rings. The van der Waals surface area contributed by atoms with E-state index in [0.717, 1.165) is 19.5 Å². The Morgan fingerprint density at radius 1 is 1.47 bits per heavy atom. The quantitative estimate of drug-likeness (QED) is 0.839. The molecule has 2 N–H and O–H groups in total. The highest BCUT2D eigenvalue weighted by molar-refractivity contribution is 7.89. The minimum Gasteiger partial charge on any atom is -0.332 e. The van der Waals surface area contributed by atoms with E-state index in [1.54, 1.807) is 11.2 Å². The molecule has 6 nitrogen and oxygen atoms in total. The molecule has 2 aliphatic heterocycles. The van der Waals surface area contributed by atoms with Crippen LogP contribution in [0.25, 0.3) is 0 Å². The van der Waals surface area contributed by atoms with E-state index in [-0.39, 0.29) is 11.1 Å². The number of fused-ring (bicyclic) bond motifs is 1. The Bertz CT molecular complexity index is 568. The van der Waals surface area contributed by atoms with Crippen molar-refractivity contribution in [3.05, 3.63) is 12.0 Å². The first kappa shape index (κ1) is 13.1. The summed E-state index contributed by atoms with van der Waals surface area (Å²) in [6, 6.07) is 0.105. The molecule has 106 valence electrons. The van der Waals surface area contributed by atoms with Crippen LogP contribution in [0.1, 0.15) is 19.2 Å². The van der Waals surface area contributed by atoms with Crippen LogP contribution in [0.15, 0.2) is 11.2 Å². The number of aromatic amines is 1. The zero-order valence-corrected chi connectivity index (χ0v) is 12.1. The van der Waals surface area contributed by atoms with E-state index in [9.17, 15) is 8.42 Å². The van der Waals surface area contributed by atoms with Gasteiger partial charge in [-0.3, -0.25) is 0 Å². The second-order valence-corrected chi connectivity index (χ2v) is 7.32. The number of imidazole rings is 1. The Morgan fingerprint density at radius 3 is 2.89 bits per heavy atom. The summed E-state index contributed by atoms with van der Waals surface area (Å²) in [5.74, 6) is 1.53. The van der Waals surface area contributed by atoms with Crippen LogP contribution in [0.3, 0.4) is 0 Å². The molecule has 1 aromatic rings. The summed E-state index contributed by atoms with van der Waals surface area (Å²) in [5, 5.41) is 3.58. The molecule has 3 atom stereocenters. The summed E-state index contributed by atoms with van der Waals surface area (Å²) in [5.41, 5.74) is 0. The molecular formula is C12H20N4O2S. The van der Waals surface area contributed by atoms with E-state index in [1.165, 1.54) is 6.20 Å². The maximum atomic E-state index is 12.7. The molecule has 3 unspecified atom stereocenters. The van der Waals surface area contributed by atoms with Crippen LogP contribution < -0.4 is 5.32 Å². The van der Waals surface area contributed by atoms with Crippen molar-refractivity contribution < 1.29 is 8.42 Å². The highest BCUT2D eigenvalue weighted by Crippen LogP contribution is 2.37. The maximum Gasteiger partial charge on any atom is 0.260 e. The van der Waals surface area contributed by atoms with Gasteiger partial charge >= 0.3 is 0 Å². The van der Waals surface area contributed by atoms with Crippen molar-refractivity contribution in [2.45, 2.75) is 31.3 Å². The summed E-state index contributed by atoms with van der Waals surface area (Å²) in [6.45, 7) is 6.30. The molecule has 0 aromatic carbocycles. The number of H-pyrrole nitrogens is 1. The summed E-state index contributed by atoms with van der Waals surface area (Å²) in [7, 11) is -3.43. The molecule has 2 saturated heterocycles. The minimum absolute atomic E-state index is 0.105. The average Bonchev–Trinajstić information content (AvgIpc) is 3.02. The monoisotopic (exact) mass is 284 g/mol. The van der Waals surface area contributed by atoms with Crippen molar-refractivity contribution in [2.75, 3.05) is 19.6 Å². The highest BCUT2D eigenvalue weighted by Gasteiger charge is 2.48. The Labute approximate surface area is 113 Å². The van der Waals surface area contributed by atoms with Gasteiger partial charge in [0, 0.05) is 12.6 Å². The SMILES string of the molecule is CCC1C2CNCC2CN1S(=O)(=O)c1cnc(C)[nH]1. The fourth-order valence-electron chi connectivity index (χ4n) is 3.42. The predicted octanol–water partition coefficient (Wildman–Crippen LogP) is 0.337. The second-order valence-electron chi connectivity index (χ2n) is 5.47. The minimum atomic E-state index is -3.43. The van der Waals surface area contributed by atoms with Crippen LogP contribution in [-0.4, -0.2) is 48.4 Å². The normalized spacial score (nSPS) is 31.8. The molecule has 19 heavy (non-hydrogen) atoms. The van der Waals surface area contributed by atoms with Gasteiger partial charge in [0.15, 0.2) is 5.03 Å². The molecule has 1 aromatic heterocycles. The molecule has 3 heterocycles. The largest absolute Gasteiger partial charge is 0.332 e. The fraction of sp³-hybridized carbons (Fsp3) is 0.750. The maximum absolute atomic E-state index is 12.7. The van der Waals surface area contributed by atoms with Crippen molar-refractivity contribution in [2.24, 2.45) is 11.8 Å². The van der Waals surface area contributed by atoms with Crippen molar-refractivity contribution in [3.63, 3.8) is 0 Å². The van der Waals surface area contributed by atoms with Crippen molar-refractivity contribution in [1.29, 1.82) is 0 Å². The summed E-state index contributed by atoms with van der Waals surface area (Å²) < 4.78 is 27.0. The summed E-state index contributed by atoms with van der Waals surface area (Å²) >= 11 is 0. The molecule has 7 heteroatoms. The lowest BCUT2D eigenvalue weighted by Crippen LogP contribution is -2.39.